The molecule has 0 aromatic heterocycles. The number of carboxylic acid groups (broad SMARTS) is 1. The Labute approximate surface area is 170 Å². The van der Waals surface area contributed by atoms with Gasteiger partial charge in [0.15, 0.2) is 0 Å². The average Bonchev–Trinajstić information content (AvgIpc) is 3.23. The van der Waals surface area contributed by atoms with Crippen LogP contribution in [0.15, 0.2) is 30.4 Å². The van der Waals surface area contributed by atoms with Gasteiger partial charge < -0.3 is 25.0 Å². The molecule has 156 valence electrons. The van der Waals surface area contributed by atoms with Gasteiger partial charge in [0.05, 0.1) is 13.2 Å². The summed E-state index contributed by atoms with van der Waals surface area (Å²) in [6.07, 6.45) is 3.84. The zero-order valence-corrected chi connectivity index (χ0v) is 17.0. The fourth-order valence-electron chi connectivity index (χ4n) is 7.19. The summed E-state index contributed by atoms with van der Waals surface area (Å²) in [4.78, 5) is 16.8. The lowest BCUT2D eigenvalue weighted by molar-refractivity contribution is -0.215. The molecule has 7 nitrogen and oxygen atoms in total. The van der Waals surface area contributed by atoms with E-state index in [0.29, 0.717) is 12.2 Å². The van der Waals surface area contributed by atoms with Crippen LogP contribution < -0.4 is 9.64 Å². The van der Waals surface area contributed by atoms with Gasteiger partial charge >= 0.3 is 5.97 Å². The molecule has 1 aliphatic carbocycles. The Balaban J connectivity index is 1.86. The monoisotopic (exact) mass is 400 g/mol. The van der Waals surface area contributed by atoms with Crippen LogP contribution in [0.25, 0.3) is 0 Å². The molecule has 3 heterocycles. The van der Waals surface area contributed by atoms with Gasteiger partial charge in [0.25, 0.3) is 0 Å². The summed E-state index contributed by atoms with van der Waals surface area (Å²) >= 11 is 0. The van der Waals surface area contributed by atoms with Gasteiger partial charge in [-0.3, -0.25) is 4.90 Å². The third-order valence-corrected chi connectivity index (χ3v) is 8.20. The number of ether oxygens (including phenoxy) is 1. The number of aliphatic carboxylic acids is 1. The minimum Gasteiger partial charge on any atom is -0.497 e. The summed E-state index contributed by atoms with van der Waals surface area (Å²) in [7, 11) is 3.42. The number of anilines is 1. The first-order chi connectivity index (χ1) is 13.8. The first-order valence-electron chi connectivity index (χ1n) is 10.3. The number of likely N-dealkylation sites (N-methyl/N-ethyl adjacent to an activating group) is 1. The molecule has 3 N–H and O–H groups in total. The van der Waals surface area contributed by atoms with Gasteiger partial charge in [0, 0.05) is 42.2 Å². The minimum atomic E-state index is -2.30. The summed E-state index contributed by atoms with van der Waals surface area (Å²) in [5.41, 5.74) is -1.82. The molecule has 5 rings (SSSR count). The van der Waals surface area contributed by atoms with Gasteiger partial charge in [-0.25, -0.2) is 4.79 Å². The Morgan fingerprint density at radius 1 is 1.34 bits per heavy atom. The van der Waals surface area contributed by atoms with Crippen LogP contribution in [-0.4, -0.2) is 77.2 Å². The van der Waals surface area contributed by atoms with Gasteiger partial charge in [-0.2, -0.15) is 0 Å². The SMILES string of the molecule is CC[C@]12C=CCN3CC[C@@]4(c5ccc(OC)cc5N(C)[C@@H]4[C@@](O)(C(=O)O)[C@H]1O)[C@@H]32. The fraction of sp³-hybridized carbons (Fsp3) is 0.591. The first-order valence-corrected chi connectivity index (χ1v) is 10.3. The molecule has 7 heteroatoms. The Kier molecular flexibility index (Phi) is 3.74. The molecule has 4 aliphatic rings. The standard InChI is InChI=1S/C22H28N2O5/c1-4-20-8-5-10-24-11-9-21(16(20)24)14-7-6-13(29-3)12-15(14)23(2)17(21)22(28,18(20)25)19(26)27/h5-8,12,16-18,25,28H,4,9-11H2,1-3H3,(H,26,27)/t16-,17-,18-,20+,21+,22-/m0/s1. The molecule has 1 saturated heterocycles. The summed E-state index contributed by atoms with van der Waals surface area (Å²) in [5.74, 6) is -0.685. The second-order valence-corrected chi connectivity index (χ2v) is 8.99. The average molecular weight is 400 g/mol. The zero-order chi connectivity index (χ0) is 20.8. The van der Waals surface area contributed by atoms with E-state index in [-0.39, 0.29) is 6.04 Å². The predicted molar refractivity (Wildman–Crippen MR) is 107 cm³/mol. The molecule has 3 aliphatic heterocycles. The number of carbonyl (C=O) groups is 1. The van der Waals surface area contributed by atoms with Crippen molar-refractivity contribution in [1.82, 2.24) is 4.90 Å². The van der Waals surface area contributed by atoms with E-state index in [1.54, 1.807) is 7.11 Å². The molecule has 1 aromatic rings. The highest BCUT2D eigenvalue weighted by molar-refractivity contribution is 5.84. The number of benzene rings is 1. The minimum absolute atomic E-state index is 0.0817. The number of aliphatic hydroxyl groups excluding tert-OH is 1. The van der Waals surface area contributed by atoms with Crippen LogP contribution in [0.5, 0.6) is 5.75 Å². The number of rotatable bonds is 3. The van der Waals surface area contributed by atoms with Crippen molar-refractivity contribution in [2.45, 2.75) is 49.0 Å². The maximum atomic E-state index is 12.6. The van der Waals surface area contributed by atoms with Gasteiger partial charge in [-0.1, -0.05) is 25.1 Å². The van der Waals surface area contributed by atoms with Crippen molar-refractivity contribution in [3.8, 4) is 5.75 Å². The maximum Gasteiger partial charge on any atom is 0.340 e. The molecular weight excluding hydrogens is 372 g/mol. The molecule has 0 bridgehead atoms. The number of carboxylic acids is 1. The predicted octanol–water partition coefficient (Wildman–Crippen LogP) is 0.982. The molecule has 1 saturated carbocycles. The normalized spacial score (nSPS) is 42.4. The molecule has 29 heavy (non-hydrogen) atoms. The second-order valence-electron chi connectivity index (χ2n) is 8.99. The van der Waals surface area contributed by atoms with E-state index in [9.17, 15) is 20.1 Å². The summed E-state index contributed by atoms with van der Waals surface area (Å²) in [5, 5.41) is 33.5. The molecule has 0 amide bonds. The Morgan fingerprint density at radius 3 is 2.76 bits per heavy atom. The van der Waals surface area contributed by atoms with E-state index in [4.69, 9.17) is 4.74 Å². The molecule has 0 unspecified atom stereocenters. The zero-order valence-electron chi connectivity index (χ0n) is 17.0. The lowest BCUT2D eigenvalue weighted by atomic mass is 9.48. The van der Waals surface area contributed by atoms with Crippen molar-refractivity contribution in [3.05, 3.63) is 35.9 Å². The highest BCUT2D eigenvalue weighted by Crippen LogP contribution is 2.66. The van der Waals surface area contributed by atoms with E-state index >= 15 is 0 Å². The van der Waals surface area contributed by atoms with Gasteiger partial charge in [-0.15, -0.1) is 0 Å². The number of hydrogen-bond donors (Lipinski definition) is 3. The molecule has 1 spiro atoms. The highest BCUT2D eigenvalue weighted by Gasteiger charge is 2.78. The van der Waals surface area contributed by atoms with E-state index in [1.165, 1.54) is 0 Å². The Hall–Kier alpha value is -2.09. The Bertz CT molecular complexity index is 918. The first kappa shape index (κ1) is 18.9. The van der Waals surface area contributed by atoms with Crippen LogP contribution in [0.3, 0.4) is 0 Å². The smallest absolute Gasteiger partial charge is 0.340 e. The number of fused-ring (bicyclic) bond motifs is 1. The topological polar surface area (TPSA) is 93.5 Å². The summed E-state index contributed by atoms with van der Waals surface area (Å²) in [6.45, 7) is 3.54. The van der Waals surface area contributed by atoms with Crippen LogP contribution >= 0.6 is 0 Å². The van der Waals surface area contributed by atoms with E-state index in [2.05, 4.69) is 4.90 Å². The van der Waals surface area contributed by atoms with Gasteiger partial charge in [0.2, 0.25) is 5.60 Å². The summed E-state index contributed by atoms with van der Waals surface area (Å²) < 4.78 is 5.41. The van der Waals surface area contributed by atoms with Crippen molar-refractivity contribution in [1.29, 1.82) is 0 Å². The van der Waals surface area contributed by atoms with Crippen LogP contribution in [-0.2, 0) is 10.2 Å². The van der Waals surface area contributed by atoms with Gasteiger partial charge in [0.1, 0.15) is 11.9 Å². The van der Waals surface area contributed by atoms with Crippen molar-refractivity contribution >= 4 is 11.7 Å². The fourth-order valence-corrected chi connectivity index (χ4v) is 7.19. The molecule has 0 radical (unpaired) electrons. The van der Waals surface area contributed by atoms with Crippen LogP contribution in [0.2, 0.25) is 0 Å². The van der Waals surface area contributed by atoms with Crippen molar-refractivity contribution in [3.63, 3.8) is 0 Å². The van der Waals surface area contributed by atoms with Crippen LogP contribution in [0, 0.1) is 5.41 Å². The lowest BCUT2D eigenvalue weighted by Gasteiger charge is -2.62. The molecular formula is C22H28N2O5. The van der Waals surface area contributed by atoms with Crippen molar-refractivity contribution in [2.75, 3.05) is 32.1 Å². The molecule has 6 atom stereocenters. The quantitative estimate of drug-likeness (QED) is 0.652. The third-order valence-electron chi connectivity index (χ3n) is 8.20. The van der Waals surface area contributed by atoms with E-state index in [0.717, 1.165) is 30.8 Å². The lowest BCUT2D eigenvalue weighted by Crippen LogP contribution is -2.80. The maximum absolute atomic E-state index is 12.6. The van der Waals surface area contributed by atoms with Crippen LogP contribution in [0.1, 0.15) is 25.3 Å². The second kappa shape index (κ2) is 5.74. The number of nitrogens with zero attached hydrogens (tertiary/aromatic N) is 2. The number of aliphatic hydroxyl groups is 2. The molecule has 1 aromatic carbocycles. The number of hydrogen-bond acceptors (Lipinski definition) is 6. The highest BCUT2D eigenvalue weighted by atomic mass is 16.5. The van der Waals surface area contributed by atoms with Crippen LogP contribution in [0.4, 0.5) is 5.69 Å². The Morgan fingerprint density at radius 2 is 2.10 bits per heavy atom. The largest absolute Gasteiger partial charge is 0.497 e. The van der Waals surface area contributed by atoms with E-state index < -0.39 is 34.5 Å². The number of methoxy groups -OCH3 is 1. The summed E-state index contributed by atoms with van der Waals surface area (Å²) in [6, 6.07) is 4.98. The van der Waals surface area contributed by atoms with Gasteiger partial charge in [-0.05, 0) is 31.0 Å². The van der Waals surface area contributed by atoms with E-state index in [1.807, 2.05) is 49.2 Å². The molecule has 2 fully saturated rings. The van der Waals surface area contributed by atoms with Crippen molar-refractivity contribution < 1.29 is 24.9 Å². The third kappa shape index (κ3) is 1.87. The van der Waals surface area contributed by atoms with Crippen molar-refractivity contribution in [2.24, 2.45) is 5.41 Å².